The van der Waals surface area contributed by atoms with E-state index in [9.17, 15) is 14.0 Å². The predicted octanol–water partition coefficient (Wildman–Crippen LogP) is 1.28. The Labute approximate surface area is 150 Å². The van der Waals surface area contributed by atoms with Gasteiger partial charge in [-0.2, -0.15) is 0 Å². The summed E-state index contributed by atoms with van der Waals surface area (Å²) in [5, 5.41) is 3.03. The number of carbonyl (C=O) groups excluding carboxylic acids is 2. The molecule has 0 aliphatic carbocycles. The standard InChI is InChI=1S/C17H21FN2O6/c1-23-8-7-19-13-6-4-5-12(18)15(13)20-10-26-9-11(16(21)24-2)14(20)17(22)25-3/h4-6,19H,7-10H2,1-3H3. The minimum atomic E-state index is -0.792. The second-order valence-corrected chi connectivity index (χ2v) is 5.27. The summed E-state index contributed by atoms with van der Waals surface area (Å²) in [6.45, 7) is 0.543. The number of anilines is 2. The molecule has 0 saturated heterocycles. The molecule has 1 aliphatic rings. The molecular weight excluding hydrogens is 347 g/mol. The number of para-hydroxylation sites is 1. The third kappa shape index (κ3) is 4.12. The van der Waals surface area contributed by atoms with E-state index in [0.717, 1.165) is 0 Å². The van der Waals surface area contributed by atoms with Gasteiger partial charge in [0.15, 0.2) is 0 Å². The number of methoxy groups -OCH3 is 3. The highest BCUT2D eigenvalue weighted by Gasteiger charge is 2.34. The van der Waals surface area contributed by atoms with E-state index in [4.69, 9.17) is 18.9 Å². The lowest BCUT2D eigenvalue weighted by molar-refractivity contribution is -0.140. The number of benzene rings is 1. The summed E-state index contributed by atoms with van der Waals surface area (Å²) in [5.74, 6) is -2.14. The lowest BCUT2D eigenvalue weighted by Crippen LogP contribution is -2.39. The zero-order valence-electron chi connectivity index (χ0n) is 14.8. The summed E-state index contributed by atoms with van der Waals surface area (Å²) in [4.78, 5) is 25.6. The smallest absolute Gasteiger partial charge is 0.355 e. The molecule has 26 heavy (non-hydrogen) atoms. The van der Waals surface area contributed by atoms with E-state index in [1.807, 2.05) is 0 Å². The topological polar surface area (TPSA) is 86.3 Å². The summed E-state index contributed by atoms with van der Waals surface area (Å²) < 4.78 is 34.5. The van der Waals surface area contributed by atoms with Gasteiger partial charge in [-0.3, -0.25) is 0 Å². The number of carbonyl (C=O) groups is 2. The van der Waals surface area contributed by atoms with Gasteiger partial charge in [-0.05, 0) is 12.1 Å². The summed E-state index contributed by atoms with van der Waals surface area (Å²) in [5.41, 5.74) is 0.311. The molecule has 0 spiro atoms. The highest BCUT2D eigenvalue weighted by Crippen LogP contribution is 2.34. The molecular formula is C17H21FN2O6. The first-order chi connectivity index (χ1) is 12.5. The number of hydrogen-bond acceptors (Lipinski definition) is 8. The van der Waals surface area contributed by atoms with Crippen molar-refractivity contribution >= 4 is 23.3 Å². The van der Waals surface area contributed by atoms with E-state index in [-0.39, 0.29) is 30.3 Å². The Bertz CT molecular complexity index is 706. The fraction of sp³-hybridized carbons (Fsp3) is 0.412. The molecule has 0 fully saturated rings. The summed E-state index contributed by atoms with van der Waals surface area (Å²) in [6, 6.07) is 4.43. The Morgan fingerprint density at radius 1 is 1.23 bits per heavy atom. The van der Waals surface area contributed by atoms with Gasteiger partial charge in [0.1, 0.15) is 23.9 Å². The second kappa shape index (κ2) is 9.16. The maximum Gasteiger partial charge on any atom is 0.355 e. The molecule has 9 heteroatoms. The highest BCUT2D eigenvalue weighted by atomic mass is 19.1. The van der Waals surface area contributed by atoms with Gasteiger partial charge in [0.05, 0.1) is 38.7 Å². The molecule has 0 aromatic heterocycles. The van der Waals surface area contributed by atoms with E-state index in [1.54, 1.807) is 13.2 Å². The number of esters is 2. The quantitative estimate of drug-likeness (QED) is 0.569. The fourth-order valence-electron chi connectivity index (χ4n) is 2.54. The molecule has 1 aromatic carbocycles. The van der Waals surface area contributed by atoms with Crippen LogP contribution in [0.15, 0.2) is 29.5 Å². The van der Waals surface area contributed by atoms with Crippen molar-refractivity contribution in [2.24, 2.45) is 0 Å². The van der Waals surface area contributed by atoms with Crippen molar-refractivity contribution in [2.45, 2.75) is 0 Å². The normalized spacial score (nSPS) is 14.2. The van der Waals surface area contributed by atoms with E-state index in [2.05, 4.69) is 5.32 Å². The number of rotatable bonds is 7. The van der Waals surface area contributed by atoms with Crippen LogP contribution in [0.1, 0.15) is 0 Å². The predicted molar refractivity (Wildman–Crippen MR) is 91.1 cm³/mol. The van der Waals surface area contributed by atoms with Gasteiger partial charge < -0.3 is 29.2 Å². The Morgan fingerprint density at radius 2 is 1.96 bits per heavy atom. The highest BCUT2D eigenvalue weighted by molar-refractivity contribution is 6.04. The van der Waals surface area contributed by atoms with Crippen LogP contribution >= 0.6 is 0 Å². The molecule has 0 unspecified atom stereocenters. The first kappa shape index (κ1) is 19.7. The molecule has 142 valence electrons. The molecule has 2 rings (SSSR count). The van der Waals surface area contributed by atoms with E-state index in [1.165, 1.54) is 31.3 Å². The van der Waals surface area contributed by atoms with Gasteiger partial charge in [0, 0.05) is 13.7 Å². The van der Waals surface area contributed by atoms with Crippen LogP contribution in [0.3, 0.4) is 0 Å². The molecule has 0 amide bonds. The van der Waals surface area contributed by atoms with Crippen molar-refractivity contribution < 1.29 is 32.9 Å². The lowest BCUT2D eigenvalue weighted by atomic mass is 10.1. The van der Waals surface area contributed by atoms with E-state index < -0.39 is 17.8 Å². The third-order valence-corrected chi connectivity index (χ3v) is 3.71. The third-order valence-electron chi connectivity index (χ3n) is 3.71. The molecule has 1 N–H and O–H groups in total. The Kier molecular flexibility index (Phi) is 6.93. The van der Waals surface area contributed by atoms with Crippen LogP contribution in [0.4, 0.5) is 15.8 Å². The molecule has 1 heterocycles. The minimum absolute atomic E-state index is 0.0447. The fourth-order valence-corrected chi connectivity index (χ4v) is 2.54. The monoisotopic (exact) mass is 368 g/mol. The van der Waals surface area contributed by atoms with Crippen molar-refractivity contribution in [3.8, 4) is 0 Å². The average molecular weight is 368 g/mol. The van der Waals surface area contributed by atoms with Crippen LogP contribution in [0.2, 0.25) is 0 Å². The molecule has 8 nitrogen and oxygen atoms in total. The maximum absolute atomic E-state index is 14.6. The number of ether oxygens (including phenoxy) is 4. The van der Waals surface area contributed by atoms with Crippen molar-refractivity contribution in [1.29, 1.82) is 0 Å². The van der Waals surface area contributed by atoms with Gasteiger partial charge in [0.2, 0.25) is 0 Å². The second-order valence-electron chi connectivity index (χ2n) is 5.27. The SMILES string of the molecule is COCCNc1cccc(F)c1N1COCC(C(=O)OC)=C1C(=O)OC. The van der Waals surface area contributed by atoms with Gasteiger partial charge in [-0.15, -0.1) is 0 Å². The van der Waals surface area contributed by atoms with Crippen LogP contribution in [0, 0.1) is 5.82 Å². The summed E-state index contributed by atoms with van der Waals surface area (Å²) >= 11 is 0. The minimum Gasteiger partial charge on any atom is -0.466 e. The van der Waals surface area contributed by atoms with Crippen molar-refractivity contribution in [1.82, 2.24) is 0 Å². The molecule has 0 saturated carbocycles. The zero-order chi connectivity index (χ0) is 19.1. The lowest BCUT2D eigenvalue weighted by Gasteiger charge is -2.32. The molecule has 1 aliphatic heterocycles. The van der Waals surface area contributed by atoms with Gasteiger partial charge in [-0.25, -0.2) is 14.0 Å². The molecule has 0 radical (unpaired) electrons. The van der Waals surface area contributed by atoms with Crippen LogP contribution in [0.25, 0.3) is 0 Å². The van der Waals surface area contributed by atoms with Crippen LogP contribution in [0.5, 0.6) is 0 Å². The number of hydrogen-bond donors (Lipinski definition) is 1. The van der Waals surface area contributed by atoms with Crippen molar-refractivity contribution in [3.63, 3.8) is 0 Å². The van der Waals surface area contributed by atoms with Gasteiger partial charge in [0.25, 0.3) is 0 Å². The van der Waals surface area contributed by atoms with Crippen molar-refractivity contribution in [3.05, 3.63) is 35.3 Å². The van der Waals surface area contributed by atoms with Gasteiger partial charge in [-0.1, -0.05) is 6.07 Å². The maximum atomic E-state index is 14.6. The van der Waals surface area contributed by atoms with Gasteiger partial charge >= 0.3 is 11.9 Å². The Balaban J connectivity index is 2.54. The Morgan fingerprint density at radius 3 is 2.62 bits per heavy atom. The van der Waals surface area contributed by atoms with Crippen LogP contribution in [-0.4, -0.2) is 59.8 Å². The zero-order valence-corrected chi connectivity index (χ0v) is 14.8. The first-order valence-electron chi connectivity index (χ1n) is 7.81. The Hall–Kier alpha value is -2.65. The molecule has 0 bridgehead atoms. The molecule has 1 aromatic rings. The summed E-state index contributed by atoms with van der Waals surface area (Å²) in [7, 11) is 3.91. The number of halogens is 1. The van der Waals surface area contributed by atoms with E-state index in [0.29, 0.717) is 18.8 Å². The largest absolute Gasteiger partial charge is 0.466 e. The average Bonchev–Trinajstić information content (AvgIpc) is 2.66. The van der Waals surface area contributed by atoms with E-state index >= 15 is 0 Å². The molecule has 0 atom stereocenters. The van der Waals surface area contributed by atoms with Crippen LogP contribution < -0.4 is 10.2 Å². The first-order valence-corrected chi connectivity index (χ1v) is 7.81. The number of nitrogens with one attached hydrogen (secondary N) is 1. The van der Waals surface area contributed by atoms with Crippen molar-refractivity contribution in [2.75, 3.05) is 58.0 Å². The van der Waals surface area contributed by atoms with Crippen LogP contribution in [-0.2, 0) is 28.5 Å². The summed E-state index contributed by atoms with van der Waals surface area (Å²) in [6.07, 6.45) is 0. The number of nitrogens with zero attached hydrogens (tertiary/aromatic N) is 1.